The van der Waals surface area contributed by atoms with Gasteiger partial charge in [0.05, 0.1) is 11.3 Å². The number of carbonyl (C=O) groups is 2. The lowest BCUT2D eigenvalue weighted by atomic mass is 10.1. The number of carboxylic acid groups (broad SMARTS) is 1. The van der Waals surface area contributed by atoms with Gasteiger partial charge in [-0.15, -0.1) is 0 Å². The summed E-state index contributed by atoms with van der Waals surface area (Å²) in [5, 5.41) is 18.5. The Kier molecular flexibility index (Phi) is 3.88. The zero-order chi connectivity index (χ0) is 16.2. The molecule has 0 fully saturated rings. The first-order valence-electron chi connectivity index (χ1n) is 6.89. The number of amides is 1. The summed E-state index contributed by atoms with van der Waals surface area (Å²) in [5.74, 6) is -0.821. The van der Waals surface area contributed by atoms with E-state index in [0.717, 1.165) is 5.56 Å². The Morgan fingerprint density at radius 1 is 0.957 bits per heavy atom. The van der Waals surface area contributed by atoms with Gasteiger partial charge in [-0.25, -0.2) is 4.79 Å². The second-order valence-electron chi connectivity index (χ2n) is 4.87. The molecule has 2 aromatic carbocycles. The lowest BCUT2D eigenvalue weighted by Crippen LogP contribution is -2.11. The Labute approximate surface area is 131 Å². The van der Waals surface area contributed by atoms with Crippen molar-refractivity contribution in [3.05, 3.63) is 71.8 Å². The van der Waals surface area contributed by atoms with Crippen LogP contribution in [-0.2, 0) is 0 Å². The summed E-state index contributed by atoms with van der Waals surface area (Å²) in [5.41, 5.74) is 2.22. The number of benzene rings is 2. The van der Waals surface area contributed by atoms with E-state index in [9.17, 15) is 9.59 Å². The van der Waals surface area contributed by atoms with Crippen molar-refractivity contribution in [3.63, 3.8) is 0 Å². The predicted molar refractivity (Wildman–Crippen MR) is 85.4 cm³/mol. The molecule has 3 rings (SSSR count). The SMILES string of the molecule is O=C(O)c1ccc(-c2cc(NC(=O)c3ccccc3)n[nH]2)cc1. The van der Waals surface area contributed by atoms with Crippen molar-refractivity contribution in [2.75, 3.05) is 5.32 Å². The predicted octanol–water partition coefficient (Wildman–Crippen LogP) is 3.03. The molecule has 6 heteroatoms. The highest BCUT2D eigenvalue weighted by Gasteiger charge is 2.09. The van der Waals surface area contributed by atoms with E-state index in [0.29, 0.717) is 17.1 Å². The van der Waals surface area contributed by atoms with Gasteiger partial charge in [-0.3, -0.25) is 9.89 Å². The maximum atomic E-state index is 12.0. The molecule has 0 unspecified atom stereocenters. The minimum atomic E-state index is -0.975. The van der Waals surface area contributed by atoms with E-state index in [1.54, 1.807) is 42.5 Å². The minimum absolute atomic E-state index is 0.214. The maximum Gasteiger partial charge on any atom is 0.335 e. The van der Waals surface area contributed by atoms with Gasteiger partial charge in [0.15, 0.2) is 5.82 Å². The Hall–Kier alpha value is -3.41. The van der Waals surface area contributed by atoms with E-state index >= 15 is 0 Å². The number of anilines is 1. The second kappa shape index (κ2) is 6.15. The number of carboxylic acids is 1. The molecular formula is C17H13N3O3. The number of hydrogen-bond donors (Lipinski definition) is 3. The first kappa shape index (κ1) is 14.5. The van der Waals surface area contributed by atoms with Crippen molar-refractivity contribution in [2.45, 2.75) is 0 Å². The number of carbonyl (C=O) groups excluding carboxylic acids is 1. The van der Waals surface area contributed by atoms with Gasteiger partial charge in [0, 0.05) is 11.6 Å². The van der Waals surface area contributed by atoms with Crippen LogP contribution in [0.4, 0.5) is 5.82 Å². The van der Waals surface area contributed by atoms with Crippen molar-refractivity contribution >= 4 is 17.7 Å². The number of aromatic amines is 1. The fourth-order valence-corrected chi connectivity index (χ4v) is 2.10. The molecular weight excluding hydrogens is 294 g/mol. The monoisotopic (exact) mass is 307 g/mol. The fraction of sp³-hybridized carbons (Fsp3) is 0. The van der Waals surface area contributed by atoms with Gasteiger partial charge in [-0.05, 0) is 29.8 Å². The smallest absolute Gasteiger partial charge is 0.335 e. The van der Waals surface area contributed by atoms with E-state index in [1.807, 2.05) is 6.07 Å². The molecule has 114 valence electrons. The summed E-state index contributed by atoms with van der Waals surface area (Å²) < 4.78 is 0. The van der Waals surface area contributed by atoms with Gasteiger partial charge < -0.3 is 10.4 Å². The molecule has 0 saturated carbocycles. The molecule has 1 heterocycles. The van der Waals surface area contributed by atoms with Gasteiger partial charge in [-0.2, -0.15) is 5.10 Å². The number of nitrogens with zero attached hydrogens (tertiary/aromatic N) is 1. The highest BCUT2D eigenvalue weighted by molar-refractivity contribution is 6.03. The zero-order valence-electron chi connectivity index (χ0n) is 12.0. The van der Waals surface area contributed by atoms with Crippen LogP contribution in [0.3, 0.4) is 0 Å². The highest BCUT2D eigenvalue weighted by Crippen LogP contribution is 2.20. The largest absolute Gasteiger partial charge is 0.478 e. The van der Waals surface area contributed by atoms with Gasteiger partial charge >= 0.3 is 5.97 Å². The topological polar surface area (TPSA) is 95.1 Å². The van der Waals surface area contributed by atoms with E-state index in [4.69, 9.17) is 5.11 Å². The molecule has 23 heavy (non-hydrogen) atoms. The molecule has 0 aliphatic carbocycles. The van der Waals surface area contributed by atoms with E-state index < -0.39 is 5.97 Å². The molecule has 0 spiro atoms. The van der Waals surface area contributed by atoms with Crippen LogP contribution in [0.2, 0.25) is 0 Å². The van der Waals surface area contributed by atoms with Crippen LogP contribution in [0.25, 0.3) is 11.3 Å². The van der Waals surface area contributed by atoms with Gasteiger partial charge in [0.1, 0.15) is 0 Å². The van der Waals surface area contributed by atoms with Crippen LogP contribution in [0.15, 0.2) is 60.7 Å². The van der Waals surface area contributed by atoms with E-state index in [1.165, 1.54) is 12.1 Å². The van der Waals surface area contributed by atoms with E-state index in [2.05, 4.69) is 15.5 Å². The molecule has 0 aliphatic heterocycles. The first-order valence-corrected chi connectivity index (χ1v) is 6.89. The first-order chi connectivity index (χ1) is 11.1. The van der Waals surface area contributed by atoms with Crippen LogP contribution in [-0.4, -0.2) is 27.2 Å². The summed E-state index contributed by atoms with van der Waals surface area (Å²) in [6.07, 6.45) is 0. The molecule has 0 bridgehead atoms. The molecule has 0 radical (unpaired) electrons. The third kappa shape index (κ3) is 3.26. The number of H-pyrrole nitrogens is 1. The highest BCUT2D eigenvalue weighted by atomic mass is 16.4. The summed E-state index contributed by atoms with van der Waals surface area (Å²) in [6, 6.07) is 16.9. The van der Waals surface area contributed by atoms with Gasteiger partial charge in [0.25, 0.3) is 5.91 Å². The van der Waals surface area contributed by atoms with Crippen LogP contribution < -0.4 is 5.32 Å². The van der Waals surface area contributed by atoms with Gasteiger partial charge in [0.2, 0.25) is 0 Å². The van der Waals surface area contributed by atoms with Crippen molar-refractivity contribution in [1.82, 2.24) is 10.2 Å². The lowest BCUT2D eigenvalue weighted by molar-refractivity contribution is 0.0696. The summed E-state index contributed by atoms with van der Waals surface area (Å²) in [6.45, 7) is 0. The standard InChI is InChI=1S/C17H13N3O3/c21-16(12-4-2-1-3-5-12)18-15-10-14(19-20-15)11-6-8-13(9-7-11)17(22)23/h1-10H,(H,22,23)(H2,18,19,20,21). The summed E-state index contributed by atoms with van der Waals surface area (Å²) in [7, 11) is 0. The molecule has 1 amide bonds. The van der Waals surface area contributed by atoms with Crippen LogP contribution in [0.1, 0.15) is 20.7 Å². The Balaban J connectivity index is 1.75. The molecule has 6 nitrogen and oxygen atoms in total. The zero-order valence-corrected chi connectivity index (χ0v) is 12.0. The van der Waals surface area contributed by atoms with Crippen molar-refractivity contribution in [1.29, 1.82) is 0 Å². The molecule has 3 N–H and O–H groups in total. The van der Waals surface area contributed by atoms with Crippen molar-refractivity contribution in [3.8, 4) is 11.3 Å². The minimum Gasteiger partial charge on any atom is -0.478 e. The van der Waals surface area contributed by atoms with Crippen molar-refractivity contribution < 1.29 is 14.7 Å². The lowest BCUT2D eigenvalue weighted by Gasteiger charge is -2.00. The molecule has 1 aromatic heterocycles. The third-order valence-electron chi connectivity index (χ3n) is 3.30. The Bertz CT molecular complexity index is 839. The molecule has 3 aromatic rings. The number of rotatable bonds is 4. The number of hydrogen-bond acceptors (Lipinski definition) is 3. The Morgan fingerprint density at radius 3 is 2.30 bits per heavy atom. The van der Waals surface area contributed by atoms with Crippen LogP contribution in [0, 0.1) is 0 Å². The van der Waals surface area contributed by atoms with Crippen molar-refractivity contribution in [2.24, 2.45) is 0 Å². The Morgan fingerprint density at radius 2 is 1.65 bits per heavy atom. The molecule has 0 atom stereocenters. The normalized spacial score (nSPS) is 10.3. The quantitative estimate of drug-likeness (QED) is 0.690. The molecule has 0 aliphatic rings. The molecule has 0 saturated heterocycles. The fourth-order valence-electron chi connectivity index (χ4n) is 2.10. The average Bonchev–Trinajstić information content (AvgIpc) is 3.04. The van der Waals surface area contributed by atoms with Crippen LogP contribution >= 0.6 is 0 Å². The average molecular weight is 307 g/mol. The summed E-state index contributed by atoms with van der Waals surface area (Å²) >= 11 is 0. The maximum absolute atomic E-state index is 12.0. The number of aromatic nitrogens is 2. The summed E-state index contributed by atoms with van der Waals surface area (Å²) in [4.78, 5) is 22.9. The third-order valence-corrected chi connectivity index (χ3v) is 3.30. The number of aromatic carboxylic acids is 1. The second-order valence-corrected chi connectivity index (χ2v) is 4.87. The van der Waals surface area contributed by atoms with Crippen LogP contribution in [0.5, 0.6) is 0 Å². The van der Waals surface area contributed by atoms with Gasteiger partial charge in [-0.1, -0.05) is 30.3 Å². The van der Waals surface area contributed by atoms with E-state index in [-0.39, 0.29) is 11.5 Å². The number of nitrogens with one attached hydrogen (secondary N) is 2.